The maximum atomic E-state index is 12.1. The Labute approximate surface area is 124 Å². The molecule has 110 valence electrons. The summed E-state index contributed by atoms with van der Waals surface area (Å²) in [6.07, 6.45) is 1.82. The van der Waals surface area contributed by atoms with E-state index in [0.717, 1.165) is 0 Å². The van der Waals surface area contributed by atoms with Gasteiger partial charge >= 0.3 is 0 Å². The Balaban J connectivity index is 2.83. The highest BCUT2D eigenvalue weighted by molar-refractivity contribution is 7.99. The van der Waals surface area contributed by atoms with Crippen LogP contribution in [0.15, 0.2) is 24.3 Å². The van der Waals surface area contributed by atoms with E-state index in [0.29, 0.717) is 11.1 Å². The number of thioether (sulfide) groups is 1. The lowest BCUT2D eigenvalue weighted by Crippen LogP contribution is -2.41. The van der Waals surface area contributed by atoms with E-state index in [4.69, 9.17) is 10.4 Å². The molecule has 1 rings (SSSR count). The molecule has 0 aliphatic rings. The van der Waals surface area contributed by atoms with Gasteiger partial charge in [0.15, 0.2) is 0 Å². The van der Waals surface area contributed by atoms with Gasteiger partial charge in [0.2, 0.25) is 10.0 Å². The third-order valence-electron chi connectivity index (χ3n) is 2.89. The van der Waals surface area contributed by atoms with Crippen molar-refractivity contribution in [3.05, 3.63) is 35.4 Å². The molecule has 5 nitrogen and oxygen atoms in total. The van der Waals surface area contributed by atoms with Crippen molar-refractivity contribution >= 4 is 21.8 Å². The highest BCUT2D eigenvalue weighted by Crippen LogP contribution is 2.14. The second-order valence-electron chi connectivity index (χ2n) is 4.39. The van der Waals surface area contributed by atoms with Crippen LogP contribution in [0, 0.1) is 11.3 Å². The SMILES string of the molecule is CSC(CO)C(C)NS(=O)(=O)Cc1ccccc1C#N. The van der Waals surface area contributed by atoms with Gasteiger partial charge in [0, 0.05) is 11.3 Å². The lowest BCUT2D eigenvalue weighted by atomic mass is 10.1. The van der Waals surface area contributed by atoms with E-state index in [2.05, 4.69) is 4.72 Å². The molecule has 20 heavy (non-hydrogen) atoms. The molecule has 0 aliphatic carbocycles. The molecule has 0 saturated carbocycles. The topological polar surface area (TPSA) is 90.2 Å². The molecular weight excluding hydrogens is 296 g/mol. The Morgan fingerprint density at radius 1 is 1.45 bits per heavy atom. The van der Waals surface area contributed by atoms with Gasteiger partial charge in [-0.3, -0.25) is 0 Å². The summed E-state index contributed by atoms with van der Waals surface area (Å²) in [7, 11) is -3.56. The van der Waals surface area contributed by atoms with Gasteiger partial charge in [-0.15, -0.1) is 0 Å². The zero-order valence-electron chi connectivity index (χ0n) is 11.4. The van der Waals surface area contributed by atoms with Gasteiger partial charge < -0.3 is 5.11 Å². The number of nitriles is 1. The minimum absolute atomic E-state index is 0.0976. The van der Waals surface area contributed by atoms with Crippen LogP contribution in [0.4, 0.5) is 0 Å². The van der Waals surface area contributed by atoms with Crippen LogP contribution in [0.2, 0.25) is 0 Å². The Morgan fingerprint density at radius 2 is 2.10 bits per heavy atom. The van der Waals surface area contributed by atoms with E-state index in [1.54, 1.807) is 31.2 Å². The average molecular weight is 314 g/mol. The average Bonchev–Trinajstić information content (AvgIpc) is 2.39. The molecule has 0 fully saturated rings. The summed E-state index contributed by atoms with van der Waals surface area (Å²) in [6, 6.07) is 8.21. The summed E-state index contributed by atoms with van der Waals surface area (Å²) < 4.78 is 26.7. The second-order valence-corrected chi connectivity index (χ2v) is 7.22. The Bertz CT molecular complexity index is 578. The minimum atomic E-state index is -3.56. The van der Waals surface area contributed by atoms with Crippen LogP contribution >= 0.6 is 11.8 Å². The van der Waals surface area contributed by atoms with Crippen LogP contribution in [-0.2, 0) is 15.8 Å². The van der Waals surface area contributed by atoms with Crippen LogP contribution in [0.3, 0.4) is 0 Å². The molecule has 1 aromatic carbocycles. The maximum absolute atomic E-state index is 12.1. The molecule has 1 aromatic rings. The monoisotopic (exact) mass is 314 g/mol. The molecule has 0 radical (unpaired) electrons. The molecular formula is C13H18N2O3S2. The molecule has 0 aromatic heterocycles. The summed E-state index contributed by atoms with van der Waals surface area (Å²) in [4.78, 5) is 0. The number of nitrogens with one attached hydrogen (secondary N) is 1. The van der Waals surface area contributed by atoms with E-state index in [1.807, 2.05) is 12.3 Å². The molecule has 0 bridgehead atoms. The first-order chi connectivity index (χ1) is 9.43. The Hall–Kier alpha value is -1.07. The van der Waals surface area contributed by atoms with Gasteiger partial charge in [-0.25, -0.2) is 13.1 Å². The maximum Gasteiger partial charge on any atom is 0.216 e. The summed E-state index contributed by atoms with van der Waals surface area (Å²) in [5.41, 5.74) is 0.827. The molecule has 0 amide bonds. The largest absolute Gasteiger partial charge is 0.395 e. The molecule has 2 unspecified atom stereocenters. The summed E-state index contributed by atoms with van der Waals surface area (Å²) >= 11 is 1.40. The predicted octanol–water partition coefficient (Wildman–Crippen LogP) is 1.09. The van der Waals surface area contributed by atoms with Crippen LogP contribution in [-0.4, -0.2) is 37.7 Å². The fraction of sp³-hybridized carbons (Fsp3) is 0.462. The second kappa shape index (κ2) is 7.64. The number of rotatable bonds is 7. The zero-order chi connectivity index (χ0) is 15.2. The van der Waals surface area contributed by atoms with E-state index in [9.17, 15) is 8.42 Å². The fourth-order valence-electron chi connectivity index (χ4n) is 1.80. The first-order valence-corrected chi connectivity index (χ1v) is 8.99. The Kier molecular flexibility index (Phi) is 6.49. The number of nitrogens with zero attached hydrogens (tertiary/aromatic N) is 1. The first-order valence-electron chi connectivity index (χ1n) is 6.05. The molecule has 0 heterocycles. The molecule has 0 spiro atoms. The number of hydrogen-bond acceptors (Lipinski definition) is 5. The number of aliphatic hydroxyl groups is 1. The summed E-state index contributed by atoms with van der Waals surface area (Å²) in [6.45, 7) is 1.62. The van der Waals surface area contributed by atoms with Gasteiger partial charge in [0.05, 0.1) is 24.0 Å². The van der Waals surface area contributed by atoms with Crippen molar-refractivity contribution in [1.82, 2.24) is 4.72 Å². The van der Waals surface area contributed by atoms with Crippen molar-refractivity contribution in [3.8, 4) is 6.07 Å². The normalized spacial score (nSPS) is 14.5. The predicted molar refractivity (Wildman–Crippen MR) is 80.8 cm³/mol. The summed E-state index contributed by atoms with van der Waals surface area (Å²) in [5, 5.41) is 17.9. The first kappa shape index (κ1) is 17.0. The lowest BCUT2D eigenvalue weighted by Gasteiger charge is -2.21. The molecule has 2 atom stereocenters. The van der Waals surface area contributed by atoms with Crippen molar-refractivity contribution in [2.45, 2.75) is 24.0 Å². The van der Waals surface area contributed by atoms with Gasteiger partial charge in [-0.2, -0.15) is 17.0 Å². The summed E-state index contributed by atoms with van der Waals surface area (Å²) in [5.74, 6) is -0.242. The number of benzene rings is 1. The third kappa shape index (κ3) is 4.80. The quantitative estimate of drug-likeness (QED) is 0.786. The van der Waals surface area contributed by atoms with Gasteiger partial charge in [0.1, 0.15) is 0 Å². The standard InChI is InChI=1S/C13H18N2O3S2/c1-10(13(8-16)19-2)15-20(17,18)9-12-6-4-3-5-11(12)7-14/h3-6,10,13,15-16H,8-9H2,1-2H3. The molecule has 7 heteroatoms. The minimum Gasteiger partial charge on any atom is -0.395 e. The van der Waals surface area contributed by atoms with Crippen molar-refractivity contribution in [1.29, 1.82) is 5.26 Å². The molecule has 0 saturated heterocycles. The fourth-order valence-corrected chi connectivity index (χ4v) is 3.98. The number of sulfonamides is 1. The molecule has 0 aliphatic heterocycles. The van der Waals surface area contributed by atoms with Crippen molar-refractivity contribution in [2.24, 2.45) is 0 Å². The van der Waals surface area contributed by atoms with Crippen LogP contribution in [0.5, 0.6) is 0 Å². The van der Waals surface area contributed by atoms with E-state index >= 15 is 0 Å². The highest BCUT2D eigenvalue weighted by atomic mass is 32.2. The lowest BCUT2D eigenvalue weighted by molar-refractivity contribution is 0.282. The van der Waals surface area contributed by atoms with Crippen molar-refractivity contribution in [2.75, 3.05) is 12.9 Å². The number of hydrogen-bond donors (Lipinski definition) is 2. The van der Waals surface area contributed by atoms with Crippen LogP contribution in [0.25, 0.3) is 0 Å². The van der Waals surface area contributed by atoms with Gasteiger partial charge in [0.25, 0.3) is 0 Å². The number of aliphatic hydroxyl groups excluding tert-OH is 1. The van der Waals surface area contributed by atoms with E-state index < -0.39 is 10.0 Å². The van der Waals surface area contributed by atoms with Crippen LogP contribution in [0.1, 0.15) is 18.1 Å². The van der Waals surface area contributed by atoms with Gasteiger partial charge in [-0.1, -0.05) is 18.2 Å². The van der Waals surface area contributed by atoms with E-state index in [-0.39, 0.29) is 23.7 Å². The van der Waals surface area contributed by atoms with Gasteiger partial charge in [-0.05, 0) is 24.8 Å². The third-order valence-corrected chi connectivity index (χ3v) is 5.47. The van der Waals surface area contributed by atoms with Crippen molar-refractivity contribution < 1.29 is 13.5 Å². The smallest absolute Gasteiger partial charge is 0.216 e. The zero-order valence-corrected chi connectivity index (χ0v) is 13.0. The molecule has 2 N–H and O–H groups in total. The Morgan fingerprint density at radius 3 is 2.65 bits per heavy atom. The van der Waals surface area contributed by atoms with E-state index in [1.165, 1.54) is 11.8 Å². The van der Waals surface area contributed by atoms with Crippen molar-refractivity contribution in [3.63, 3.8) is 0 Å². The van der Waals surface area contributed by atoms with Crippen LogP contribution < -0.4 is 4.72 Å². The highest BCUT2D eigenvalue weighted by Gasteiger charge is 2.22.